The third kappa shape index (κ3) is 7.54. The van der Waals surface area contributed by atoms with Crippen molar-refractivity contribution in [2.24, 2.45) is 5.41 Å². The van der Waals surface area contributed by atoms with Crippen LogP contribution in [0, 0.1) is 5.41 Å². The van der Waals surface area contributed by atoms with Gasteiger partial charge in [-0.05, 0) is 57.2 Å². The average Bonchev–Trinajstić information content (AvgIpc) is 2.23. The molecule has 1 aromatic carbocycles. The molecule has 0 unspecified atom stereocenters. The van der Waals surface area contributed by atoms with E-state index in [0.717, 1.165) is 18.7 Å². The lowest BCUT2D eigenvalue weighted by atomic mass is 9.88. The summed E-state index contributed by atoms with van der Waals surface area (Å²) in [6.07, 6.45) is 1.23. The second-order valence-corrected chi connectivity index (χ2v) is 7.94. The molecule has 0 heterocycles. The van der Waals surface area contributed by atoms with Crippen molar-refractivity contribution in [3.63, 3.8) is 0 Å². The number of benzene rings is 1. The van der Waals surface area contributed by atoms with Crippen LogP contribution in [-0.2, 0) is 6.42 Å². The van der Waals surface area contributed by atoms with E-state index < -0.39 is 0 Å². The lowest BCUT2D eigenvalue weighted by Crippen LogP contribution is -2.41. The molecule has 0 aliphatic rings. The number of nitrogens with one attached hydrogen (secondary N) is 1. The van der Waals surface area contributed by atoms with Crippen LogP contribution in [0.2, 0.25) is 0 Å². The van der Waals surface area contributed by atoms with E-state index in [1.807, 2.05) is 6.07 Å². The molecule has 2 nitrogen and oxygen atoms in total. The molecule has 1 N–H and O–H groups in total. The van der Waals surface area contributed by atoms with Crippen LogP contribution in [0.5, 0.6) is 5.75 Å². The van der Waals surface area contributed by atoms with Gasteiger partial charge in [-0.2, -0.15) is 0 Å². The van der Waals surface area contributed by atoms with Crippen molar-refractivity contribution in [2.45, 2.75) is 66.5 Å². The summed E-state index contributed by atoms with van der Waals surface area (Å²) in [5, 5.41) is 3.47. The first-order valence-electron chi connectivity index (χ1n) is 7.56. The zero-order chi connectivity index (χ0) is 15.4. The third-order valence-corrected chi connectivity index (χ3v) is 2.89. The molecule has 0 fully saturated rings. The van der Waals surface area contributed by atoms with Crippen molar-refractivity contribution in [2.75, 3.05) is 6.54 Å². The highest BCUT2D eigenvalue weighted by Crippen LogP contribution is 2.23. The van der Waals surface area contributed by atoms with E-state index >= 15 is 0 Å². The van der Waals surface area contributed by atoms with Gasteiger partial charge in [0.15, 0.2) is 0 Å². The van der Waals surface area contributed by atoms with Crippen molar-refractivity contribution in [3.05, 3.63) is 29.8 Å². The van der Waals surface area contributed by atoms with Gasteiger partial charge in [-0.1, -0.05) is 32.9 Å². The minimum atomic E-state index is 0.131. The molecule has 0 amide bonds. The number of hydrogen-bond acceptors (Lipinski definition) is 2. The van der Waals surface area contributed by atoms with Crippen LogP contribution < -0.4 is 10.1 Å². The first-order valence-corrected chi connectivity index (χ1v) is 7.56. The van der Waals surface area contributed by atoms with E-state index in [4.69, 9.17) is 4.74 Å². The van der Waals surface area contributed by atoms with Gasteiger partial charge in [0.05, 0.1) is 0 Å². The first-order chi connectivity index (χ1) is 9.05. The van der Waals surface area contributed by atoms with Crippen molar-refractivity contribution >= 4 is 0 Å². The topological polar surface area (TPSA) is 21.3 Å². The van der Waals surface area contributed by atoms with Crippen LogP contribution in [0.1, 0.15) is 54.0 Å². The second-order valence-electron chi connectivity index (χ2n) is 7.94. The van der Waals surface area contributed by atoms with Gasteiger partial charge in [-0.3, -0.25) is 0 Å². The van der Waals surface area contributed by atoms with Gasteiger partial charge in [0, 0.05) is 12.1 Å². The third-order valence-electron chi connectivity index (χ3n) is 2.89. The fourth-order valence-electron chi connectivity index (χ4n) is 2.07. The molecule has 0 saturated carbocycles. The SMILES string of the molecule is C[C@@H](CNC(C)(C)C)Oc1cccc(CC(C)(C)C)c1. The summed E-state index contributed by atoms with van der Waals surface area (Å²) in [7, 11) is 0. The number of hydrogen-bond donors (Lipinski definition) is 1. The van der Waals surface area contributed by atoms with Crippen molar-refractivity contribution in [1.82, 2.24) is 5.32 Å². The molecule has 2 heteroatoms. The van der Waals surface area contributed by atoms with E-state index in [2.05, 4.69) is 72.0 Å². The predicted molar refractivity (Wildman–Crippen MR) is 87.4 cm³/mol. The summed E-state index contributed by atoms with van der Waals surface area (Å²) in [5.41, 5.74) is 1.77. The second kappa shape index (κ2) is 6.62. The van der Waals surface area contributed by atoms with E-state index in [1.54, 1.807) is 0 Å². The molecule has 20 heavy (non-hydrogen) atoms. The van der Waals surface area contributed by atoms with Crippen LogP contribution in [-0.4, -0.2) is 18.2 Å². The van der Waals surface area contributed by atoms with Crippen molar-refractivity contribution in [1.29, 1.82) is 0 Å². The molecule has 1 aromatic rings. The fourth-order valence-corrected chi connectivity index (χ4v) is 2.07. The molecule has 0 aromatic heterocycles. The van der Waals surface area contributed by atoms with Crippen molar-refractivity contribution < 1.29 is 4.74 Å². The molecule has 1 atom stereocenters. The summed E-state index contributed by atoms with van der Waals surface area (Å²) in [6.45, 7) is 16.3. The zero-order valence-corrected chi connectivity index (χ0v) is 14.2. The van der Waals surface area contributed by atoms with Gasteiger partial charge in [0.25, 0.3) is 0 Å². The van der Waals surface area contributed by atoms with Gasteiger partial charge in [0.1, 0.15) is 11.9 Å². The minimum Gasteiger partial charge on any atom is -0.489 e. The lowest BCUT2D eigenvalue weighted by Gasteiger charge is -2.24. The molecule has 0 saturated heterocycles. The van der Waals surface area contributed by atoms with E-state index in [0.29, 0.717) is 5.41 Å². The minimum absolute atomic E-state index is 0.131. The summed E-state index contributed by atoms with van der Waals surface area (Å²) in [4.78, 5) is 0. The van der Waals surface area contributed by atoms with Crippen LogP contribution in [0.3, 0.4) is 0 Å². The fraction of sp³-hybridized carbons (Fsp3) is 0.667. The Bertz CT molecular complexity index is 412. The standard InChI is InChI=1S/C18H31NO/c1-14(13-19-18(5,6)7)20-16-10-8-9-15(11-16)12-17(2,3)4/h8-11,14,19H,12-13H2,1-7H3/t14-/m0/s1. The molecule has 0 aliphatic carbocycles. The van der Waals surface area contributed by atoms with Gasteiger partial charge in [-0.15, -0.1) is 0 Å². The number of ether oxygens (including phenoxy) is 1. The maximum Gasteiger partial charge on any atom is 0.120 e. The molecular formula is C18H31NO. The van der Waals surface area contributed by atoms with Gasteiger partial charge in [-0.25, -0.2) is 0 Å². The predicted octanol–water partition coefficient (Wildman–Crippen LogP) is 4.43. The van der Waals surface area contributed by atoms with Crippen LogP contribution in [0.4, 0.5) is 0 Å². The highest BCUT2D eigenvalue weighted by atomic mass is 16.5. The Morgan fingerprint density at radius 3 is 2.30 bits per heavy atom. The average molecular weight is 277 g/mol. The Morgan fingerprint density at radius 1 is 1.10 bits per heavy atom. The molecule has 114 valence electrons. The normalized spacial score (nSPS) is 14.2. The van der Waals surface area contributed by atoms with Gasteiger partial charge < -0.3 is 10.1 Å². The van der Waals surface area contributed by atoms with Gasteiger partial charge in [0.2, 0.25) is 0 Å². The highest BCUT2D eigenvalue weighted by molar-refractivity contribution is 5.29. The lowest BCUT2D eigenvalue weighted by molar-refractivity contribution is 0.203. The summed E-state index contributed by atoms with van der Waals surface area (Å²) in [6, 6.07) is 8.47. The summed E-state index contributed by atoms with van der Waals surface area (Å²) in [5.74, 6) is 0.968. The molecule has 0 aliphatic heterocycles. The van der Waals surface area contributed by atoms with E-state index in [9.17, 15) is 0 Å². The Balaban J connectivity index is 2.57. The smallest absolute Gasteiger partial charge is 0.120 e. The molecule has 0 bridgehead atoms. The maximum absolute atomic E-state index is 6.00. The molecule has 0 radical (unpaired) electrons. The molecule has 0 spiro atoms. The van der Waals surface area contributed by atoms with Crippen molar-refractivity contribution in [3.8, 4) is 5.75 Å². The number of rotatable bonds is 5. The quantitative estimate of drug-likeness (QED) is 0.859. The monoisotopic (exact) mass is 277 g/mol. The van der Waals surface area contributed by atoms with Crippen LogP contribution in [0.15, 0.2) is 24.3 Å². The summed E-state index contributed by atoms with van der Waals surface area (Å²) >= 11 is 0. The van der Waals surface area contributed by atoms with E-state index in [-0.39, 0.29) is 11.6 Å². The maximum atomic E-state index is 6.00. The summed E-state index contributed by atoms with van der Waals surface area (Å²) < 4.78 is 6.00. The van der Waals surface area contributed by atoms with Crippen LogP contribution >= 0.6 is 0 Å². The van der Waals surface area contributed by atoms with Gasteiger partial charge >= 0.3 is 0 Å². The first kappa shape index (κ1) is 17.0. The molecular weight excluding hydrogens is 246 g/mol. The zero-order valence-electron chi connectivity index (χ0n) is 14.2. The Hall–Kier alpha value is -1.02. The highest BCUT2D eigenvalue weighted by Gasteiger charge is 2.14. The largest absolute Gasteiger partial charge is 0.489 e. The Kier molecular flexibility index (Phi) is 5.64. The Labute approximate surface area is 124 Å². The molecule has 1 rings (SSSR count). The Morgan fingerprint density at radius 2 is 1.75 bits per heavy atom. The van der Waals surface area contributed by atoms with E-state index in [1.165, 1.54) is 5.56 Å². The van der Waals surface area contributed by atoms with Crippen LogP contribution in [0.25, 0.3) is 0 Å².